The number of carbonyl (C=O) groups is 2. The molecule has 0 bridgehead atoms. The number of nitrogens with zero attached hydrogens (tertiary/aromatic N) is 1. The van der Waals surface area contributed by atoms with E-state index in [9.17, 15) is 9.59 Å². The van der Waals surface area contributed by atoms with E-state index in [4.69, 9.17) is 14.2 Å². The lowest BCUT2D eigenvalue weighted by Gasteiger charge is -2.11. The summed E-state index contributed by atoms with van der Waals surface area (Å²) in [7, 11) is 1.72. The van der Waals surface area contributed by atoms with Gasteiger partial charge in [-0.3, -0.25) is 4.79 Å². The van der Waals surface area contributed by atoms with Crippen LogP contribution < -0.4 is 5.32 Å². The third kappa shape index (κ3) is 4.32. The Balaban J connectivity index is 1.84. The Kier molecular flexibility index (Phi) is 5.97. The summed E-state index contributed by atoms with van der Waals surface area (Å²) in [5.41, 5.74) is 0.737. The van der Waals surface area contributed by atoms with Crippen LogP contribution in [0.2, 0.25) is 0 Å². The number of anilines is 1. The Bertz CT molecular complexity index is 520. The van der Waals surface area contributed by atoms with Gasteiger partial charge in [-0.2, -0.15) is 0 Å². The molecule has 22 heavy (non-hydrogen) atoms. The standard InChI is InChI=1S/C15H22N2O5/c1-3-21-15(19)14-12(6-7-17(14)2)16-13(18)10-20-9-11-5-4-8-22-11/h6-7,11H,3-5,8-10H2,1-2H3,(H,16,18). The van der Waals surface area contributed by atoms with Crippen molar-refractivity contribution in [2.75, 3.05) is 31.7 Å². The van der Waals surface area contributed by atoms with Gasteiger partial charge in [0.25, 0.3) is 0 Å². The van der Waals surface area contributed by atoms with Crippen molar-refractivity contribution in [3.05, 3.63) is 18.0 Å². The summed E-state index contributed by atoms with van der Waals surface area (Å²) in [5.74, 6) is -0.777. The average Bonchev–Trinajstić information content (AvgIpc) is 3.09. The van der Waals surface area contributed by atoms with Crippen LogP contribution >= 0.6 is 0 Å². The fourth-order valence-corrected chi connectivity index (χ4v) is 2.33. The van der Waals surface area contributed by atoms with Gasteiger partial charge in [0.15, 0.2) is 5.69 Å². The number of esters is 1. The monoisotopic (exact) mass is 310 g/mol. The second-order valence-electron chi connectivity index (χ2n) is 5.11. The molecule has 1 aromatic heterocycles. The van der Waals surface area contributed by atoms with Crippen LogP contribution in [0.4, 0.5) is 5.69 Å². The smallest absolute Gasteiger partial charge is 0.357 e. The Morgan fingerprint density at radius 1 is 1.50 bits per heavy atom. The van der Waals surface area contributed by atoms with Crippen molar-refractivity contribution >= 4 is 17.6 Å². The Labute approximate surface area is 129 Å². The molecule has 0 aliphatic carbocycles. The minimum atomic E-state index is -0.467. The minimum absolute atomic E-state index is 0.0724. The van der Waals surface area contributed by atoms with Gasteiger partial charge < -0.3 is 24.1 Å². The van der Waals surface area contributed by atoms with Gasteiger partial charge in [0.05, 0.1) is 25.0 Å². The van der Waals surface area contributed by atoms with Crippen LogP contribution in [0.5, 0.6) is 0 Å². The fourth-order valence-electron chi connectivity index (χ4n) is 2.33. The molecule has 2 rings (SSSR count). The molecule has 0 saturated carbocycles. The van der Waals surface area contributed by atoms with Crippen molar-refractivity contribution in [3.63, 3.8) is 0 Å². The molecule has 1 fully saturated rings. The summed E-state index contributed by atoms with van der Waals surface area (Å²) < 4.78 is 17.3. The van der Waals surface area contributed by atoms with Gasteiger partial charge >= 0.3 is 5.97 Å². The van der Waals surface area contributed by atoms with Crippen LogP contribution in [0.15, 0.2) is 12.3 Å². The van der Waals surface area contributed by atoms with E-state index in [1.165, 1.54) is 0 Å². The Morgan fingerprint density at radius 2 is 2.32 bits per heavy atom. The molecule has 0 spiro atoms. The summed E-state index contributed by atoms with van der Waals surface area (Å²) in [6.07, 6.45) is 3.77. The fraction of sp³-hybridized carbons (Fsp3) is 0.600. The van der Waals surface area contributed by atoms with E-state index >= 15 is 0 Å². The lowest BCUT2D eigenvalue weighted by molar-refractivity contribution is -0.121. The van der Waals surface area contributed by atoms with Crippen molar-refractivity contribution in [1.29, 1.82) is 0 Å². The van der Waals surface area contributed by atoms with E-state index in [2.05, 4.69) is 5.32 Å². The van der Waals surface area contributed by atoms with Crippen molar-refractivity contribution in [2.24, 2.45) is 7.05 Å². The lowest BCUT2D eigenvalue weighted by atomic mass is 10.2. The number of hydrogen-bond donors (Lipinski definition) is 1. The molecule has 1 aromatic rings. The second-order valence-corrected chi connectivity index (χ2v) is 5.11. The van der Waals surface area contributed by atoms with Gasteiger partial charge in [0, 0.05) is 19.9 Å². The molecule has 1 aliphatic heterocycles. The summed E-state index contributed by atoms with van der Waals surface area (Å²) in [5, 5.41) is 2.67. The second kappa shape index (κ2) is 7.95. The first kappa shape index (κ1) is 16.5. The van der Waals surface area contributed by atoms with Gasteiger partial charge in [-0.15, -0.1) is 0 Å². The zero-order valence-electron chi connectivity index (χ0n) is 13.0. The first-order valence-corrected chi connectivity index (χ1v) is 7.43. The van der Waals surface area contributed by atoms with Crippen LogP contribution in [-0.4, -0.2) is 49.0 Å². The highest BCUT2D eigenvalue weighted by Crippen LogP contribution is 2.17. The van der Waals surface area contributed by atoms with Crippen LogP contribution in [0.3, 0.4) is 0 Å². The molecule has 1 N–H and O–H groups in total. The number of hydrogen-bond acceptors (Lipinski definition) is 5. The molecule has 1 aliphatic rings. The maximum absolute atomic E-state index is 11.9. The quantitative estimate of drug-likeness (QED) is 0.769. The van der Waals surface area contributed by atoms with E-state index in [0.717, 1.165) is 19.4 Å². The first-order chi connectivity index (χ1) is 10.6. The average molecular weight is 310 g/mol. The Morgan fingerprint density at radius 3 is 3.00 bits per heavy atom. The highest BCUT2D eigenvalue weighted by atomic mass is 16.5. The van der Waals surface area contributed by atoms with Crippen LogP contribution in [0.25, 0.3) is 0 Å². The summed E-state index contributed by atoms with van der Waals surface area (Å²) >= 11 is 0. The number of aromatic nitrogens is 1. The molecule has 122 valence electrons. The molecule has 7 heteroatoms. The minimum Gasteiger partial charge on any atom is -0.461 e. The topological polar surface area (TPSA) is 78.8 Å². The zero-order chi connectivity index (χ0) is 15.9. The summed E-state index contributed by atoms with van der Waals surface area (Å²) in [6, 6.07) is 1.66. The van der Waals surface area contributed by atoms with Gasteiger partial charge in [-0.05, 0) is 25.8 Å². The molecule has 1 unspecified atom stereocenters. The number of nitrogens with one attached hydrogen (secondary N) is 1. The normalized spacial score (nSPS) is 17.5. The predicted octanol–water partition coefficient (Wildman–Crippen LogP) is 1.34. The van der Waals surface area contributed by atoms with Crippen molar-refractivity contribution < 1.29 is 23.8 Å². The molecule has 1 atom stereocenters. The molecule has 1 saturated heterocycles. The zero-order valence-corrected chi connectivity index (χ0v) is 13.0. The highest BCUT2D eigenvalue weighted by molar-refractivity contribution is 6.00. The van der Waals surface area contributed by atoms with Gasteiger partial charge in [-0.25, -0.2) is 4.79 Å². The van der Waals surface area contributed by atoms with E-state index in [1.54, 1.807) is 30.8 Å². The van der Waals surface area contributed by atoms with E-state index in [1.807, 2.05) is 0 Å². The number of aryl methyl sites for hydroxylation is 1. The highest BCUT2D eigenvalue weighted by Gasteiger charge is 2.19. The first-order valence-electron chi connectivity index (χ1n) is 7.43. The maximum Gasteiger partial charge on any atom is 0.357 e. The maximum atomic E-state index is 11.9. The molecule has 1 amide bonds. The van der Waals surface area contributed by atoms with E-state index in [0.29, 0.717) is 18.0 Å². The third-order valence-electron chi connectivity index (χ3n) is 3.38. The molecular weight excluding hydrogens is 288 g/mol. The summed E-state index contributed by atoms with van der Waals surface area (Å²) in [4.78, 5) is 23.8. The van der Waals surface area contributed by atoms with Crippen LogP contribution in [0, 0.1) is 0 Å². The third-order valence-corrected chi connectivity index (χ3v) is 3.38. The number of ether oxygens (including phenoxy) is 3. The molecular formula is C15H22N2O5. The molecule has 2 heterocycles. The lowest BCUT2D eigenvalue weighted by Crippen LogP contribution is -2.23. The number of carbonyl (C=O) groups excluding carboxylic acids is 2. The van der Waals surface area contributed by atoms with Gasteiger partial charge in [0.2, 0.25) is 5.91 Å². The van der Waals surface area contributed by atoms with Gasteiger partial charge in [-0.1, -0.05) is 0 Å². The van der Waals surface area contributed by atoms with E-state index in [-0.39, 0.29) is 25.2 Å². The van der Waals surface area contributed by atoms with Crippen molar-refractivity contribution in [1.82, 2.24) is 4.57 Å². The number of rotatable bonds is 7. The number of amides is 1. The molecule has 0 radical (unpaired) electrons. The van der Waals surface area contributed by atoms with Crippen LogP contribution in [-0.2, 0) is 26.1 Å². The molecule has 0 aromatic carbocycles. The van der Waals surface area contributed by atoms with Crippen molar-refractivity contribution in [3.8, 4) is 0 Å². The summed E-state index contributed by atoms with van der Waals surface area (Å²) in [6.45, 7) is 3.11. The van der Waals surface area contributed by atoms with Crippen molar-refractivity contribution in [2.45, 2.75) is 25.9 Å². The Hall–Kier alpha value is -1.86. The SMILES string of the molecule is CCOC(=O)c1c(NC(=O)COCC2CCCO2)ccn1C. The largest absolute Gasteiger partial charge is 0.461 e. The van der Waals surface area contributed by atoms with Crippen LogP contribution in [0.1, 0.15) is 30.3 Å². The molecule has 7 nitrogen and oxygen atoms in total. The van der Waals surface area contributed by atoms with Gasteiger partial charge in [0.1, 0.15) is 6.61 Å². The predicted molar refractivity (Wildman–Crippen MR) is 79.8 cm³/mol. The van der Waals surface area contributed by atoms with E-state index < -0.39 is 5.97 Å².